The monoisotopic (exact) mass is 257 g/mol. The number of nitrogens with two attached hydrogens (primary N) is 1. The standard InChI is InChI=1S/C11H16BrNO/c1-8-3-9(5-10(12)4-8)6-11(2,13)7-14/h3-5,14H,6-7,13H2,1-2H3. The van der Waals surface area contributed by atoms with Crippen LogP contribution in [0, 0.1) is 6.92 Å². The highest BCUT2D eigenvalue weighted by Gasteiger charge is 2.17. The lowest BCUT2D eigenvalue weighted by molar-refractivity contribution is 0.208. The molecule has 3 heteroatoms. The Morgan fingerprint density at radius 2 is 2.07 bits per heavy atom. The largest absolute Gasteiger partial charge is 0.394 e. The fourth-order valence-electron chi connectivity index (χ4n) is 1.44. The van der Waals surface area contributed by atoms with Crippen LogP contribution in [-0.4, -0.2) is 17.3 Å². The van der Waals surface area contributed by atoms with Crippen molar-refractivity contribution in [3.05, 3.63) is 33.8 Å². The molecule has 1 atom stereocenters. The van der Waals surface area contributed by atoms with Gasteiger partial charge in [0.2, 0.25) is 0 Å². The summed E-state index contributed by atoms with van der Waals surface area (Å²) in [6.07, 6.45) is 0.684. The van der Waals surface area contributed by atoms with Crippen molar-refractivity contribution in [3.63, 3.8) is 0 Å². The van der Waals surface area contributed by atoms with Crippen LogP contribution in [-0.2, 0) is 6.42 Å². The number of benzene rings is 1. The zero-order chi connectivity index (χ0) is 10.8. The lowest BCUT2D eigenvalue weighted by atomic mass is 9.94. The van der Waals surface area contributed by atoms with Gasteiger partial charge in [0.25, 0.3) is 0 Å². The van der Waals surface area contributed by atoms with E-state index in [-0.39, 0.29) is 6.61 Å². The van der Waals surface area contributed by atoms with Crippen LogP contribution in [0.3, 0.4) is 0 Å². The molecule has 2 nitrogen and oxygen atoms in total. The van der Waals surface area contributed by atoms with Gasteiger partial charge >= 0.3 is 0 Å². The van der Waals surface area contributed by atoms with Gasteiger partial charge < -0.3 is 10.8 Å². The second-order valence-electron chi connectivity index (χ2n) is 4.13. The van der Waals surface area contributed by atoms with Crippen molar-refractivity contribution >= 4 is 15.9 Å². The maximum absolute atomic E-state index is 9.06. The zero-order valence-electron chi connectivity index (χ0n) is 8.55. The van der Waals surface area contributed by atoms with E-state index in [1.807, 2.05) is 19.9 Å². The Morgan fingerprint density at radius 1 is 1.43 bits per heavy atom. The smallest absolute Gasteiger partial charge is 0.0611 e. The van der Waals surface area contributed by atoms with Gasteiger partial charge in [-0.25, -0.2) is 0 Å². The topological polar surface area (TPSA) is 46.2 Å². The summed E-state index contributed by atoms with van der Waals surface area (Å²) in [6, 6.07) is 6.18. The Balaban J connectivity index is 2.87. The van der Waals surface area contributed by atoms with Gasteiger partial charge in [-0.2, -0.15) is 0 Å². The molecule has 1 aromatic carbocycles. The summed E-state index contributed by atoms with van der Waals surface area (Å²) in [5, 5.41) is 9.06. The average molecular weight is 258 g/mol. The molecule has 0 heterocycles. The number of hydrogen-bond acceptors (Lipinski definition) is 2. The van der Waals surface area contributed by atoms with Crippen molar-refractivity contribution in [1.29, 1.82) is 0 Å². The Morgan fingerprint density at radius 3 is 2.57 bits per heavy atom. The van der Waals surface area contributed by atoms with E-state index in [4.69, 9.17) is 10.8 Å². The van der Waals surface area contributed by atoms with Gasteiger partial charge in [-0.15, -0.1) is 0 Å². The number of aliphatic hydroxyl groups is 1. The van der Waals surface area contributed by atoms with E-state index in [0.29, 0.717) is 6.42 Å². The first kappa shape index (κ1) is 11.7. The number of rotatable bonds is 3. The number of hydrogen-bond donors (Lipinski definition) is 2. The molecule has 14 heavy (non-hydrogen) atoms. The summed E-state index contributed by atoms with van der Waals surface area (Å²) in [6.45, 7) is 3.89. The van der Waals surface area contributed by atoms with Gasteiger partial charge in [-0.3, -0.25) is 0 Å². The second-order valence-corrected chi connectivity index (χ2v) is 5.04. The van der Waals surface area contributed by atoms with Crippen LogP contribution in [0.2, 0.25) is 0 Å². The van der Waals surface area contributed by atoms with Gasteiger partial charge in [0, 0.05) is 10.0 Å². The number of halogens is 1. The van der Waals surface area contributed by atoms with Crippen LogP contribution in [0.5, 0.6) is 0 Å². The van der Waals surface area contributed by atoms with Gasteiger partial charge in [-0.1, -0.05) is 22.0 Å². The summed E-state index contributed by atoms with van der Waals surface area (Å²) < 4.78 is 1.06. The van der Waals surface area contributed by atoms with Crippen LogP contribution in [0.1, 0.15) is 18.1 Å². The van der Waals surface area contributed by atoms with Crippen LogP contribution in [0.15, 0.2) is 22.7 Å². The third kappa shape index (κ3) is 3.40. The predicted molar refractivity (Wildman–Crippen MR) is 62.3 cm³/mol. The van der Waals surface area contributed by atoms with E-state index in [2.05, 4.69) is 28.1 Å². The Kier molecular flexibility index (Phi) is 3.70. The summed E-state index contributed by atoms with van der Waals surface area (Å²) in [4.78, 5) is 0. The molecule has 78 valence electrons. The molecule has 0 radical (unpaired) electrons. The molecule has 0 spiro atoms. The highest BCUT2D eigenvalue weighted by atomic mass is 79.9. The maximum Gasteiger partial charge on any atom is 0.0611 e. The van der Waals surface area contributed by atoms with Crippen LogP contribution in [0.4, 0.5) is 0 Å². The lowest BCUT2D eigenvalue weighted by Crippen LogP contribution is -2.42. The molecule has 0 saturated heterocycles. The molecule has 0 aliphatic heterocycles. The molecule has 1 rings (SSSR count). The normalized spacial score (nSPS) is 15.2. The first-order valence-electron chi connectivity index (χ1n) is 4.59. The molecule has 0 aliphatic carbocycles. The van der Waals surface area contributed by atoms with Gasteiger partial charge in [-0.05, 0) is 43.5 Å². The fraction of sp³-hybridized carbons (Fsp3) is 0.455. The van der Waals surface area contributed by atoms with Crippen molar-refractivity contribution in [1.82, 2.24) is 0 Å². The fourth-order valence-corrected chi connectivity index (χ4v) is 2.09. The van der Waals surface area contributed by atoms with Crippen molar-refractivity contribution in [2.24, 2.45) is 5.73 Å². The minimum Gasteiger partial charge on any atom is -0.394 e. The molecule has 0 aromatic heterocycles. The molecule has 0 amide bonds. The van der Waals surface area contributed by atoms with E-state index in [0.717, 1.165) is 10.0 Å². The van der Waals surface area contributed by atoms with Gasteiger partial charge in [0.05, 0.1) is 6.61 Å². The zero-order valence-corrected chi connectivity index (χ0v) is 10.1. The molecule has 3 N–H and O–H groups in total. The number of aryl methyl sites for hydroxylation is 1. The maximum atomic E-state index is 9.06. The summed E-state index contributed by atoms with van der Waals surface area (Å²) >= 11 is 3.44. The summed E-state index contributed by atoms with van der Waals surface area (Å²) in [7, 11) is 0. The molecular weight excluding hydrogens is 242 g/mol. The highest BCUT2D eigenvalue weighted by Crippen LogP contribution is 2.18. The Hall–Kier alpha value is -0.380. The minimum atomic E-state index is -0.534. The summed E-state index contributed by atoms with van der Waals surface area (Å²) in [5.74, 6) is 0. The van der Waals surface area contributed by atoms with E-state index in [9.17, 15) is 0 Å². The average Bonchev–Trinajstić information content (AvgIpc) is 2.01. The van der Waals surface area contributed by atoms with Crippen molar-refractivity contribution in [2.45, 2.75) is 25.8 Å². The van der Waals surface area contributed by atoms with Gasteiger partial charge in [0.15, 0.2) is 0 Å². The predicted octanol–water partition coefficient (Wildman–Crippen LogP) is 2.01. The van der Waals surface area contributed by atoms with Gasteiger partial charge in [0.1, 0.15) is 0 Å². The minimum absolute atomic E-state index is 0.00143. The van der Waals surface area contributed by atoms with Crippen LogP contribution in [0.25, 0.3) is 0 Å². The molecular formula is C11H16BrNO. The van der Waals surface area contributed by atoms with E-state index in [1.165, 1.54) is 5.56 Å². The van der Waals surface area contributed by atoms with Crippen molar-refractivity contribution in [3.8, 4) is 0 Å². The molecule has 0 aliphatic rings. The quantitative estimate of drug-likeness (QED) is 0.871. The van der Waals surface area contributed by atoms with E-state index >= 15 is 0 Å². The molecule has 1 aromatic rings. The molecule has 0 saturated carbocycles. The van der Waals surface area contributed by atoms with E-state index < -0.39 is 5.54 Å². The first-order chi connectivity index (χ1) is 6.43. The third-order valence-electron chi connectivity index (χ3n) is 2.07. The molecule has 0 fully saturated rings. The third-order valence-corrected chi connectivity index (χ3v) is 2.53. The van der Waals surface area contributed by atoms with Crippen LogP contribution >= 0.6 is 15.9 Å². The highest BCUT2D eigenvalue weighted by molar-refractivity contribution is 9.10. The SMILES string of the molecule is Cc1cc(Br)cc(CC(C)(N)CO)c1. The van der Waals surface area contributed by atoms with Crippen molar-refractivity contribution < 1.29 is 5.11 Å². The molecule has 0 bridgehead atoms. The lowest BCUT2D eigenvalue weighted by Gasteiger charge is -2.21. The molecule has 1 unspecified atom stereocenters. The van der Waals surface area contributed by atoms with Crippen LogP contribution < -0.4 is 5.73 Å². The first-order valence-corrected chi connectivity index (χ1v) is 5.38. The Bertz CT molecular complexity index is 303. The van der Waals surface area contributed by atoms with Crippen molar-refractivity contribution in [2.75, 3.05) is 6.61 Å². The Labute approximate surface area is 93.3 Å². The van der Waals surface area contributed by atoms with E-state index in [1.54, 1.807) is 0 Å². The number of aliphatic hydroxyl groups excluding tert-OH is 1. The second kappa shape index (κ2) is 4.43. The summed E-state index contributed by atoms with van der Waals surface area (Å²) in [5.41, 5.74) is 7.69.